The summed E-state index contributed by atoms with van der Waals surface area (Å²) < 4.78 is 5.27. The molecule has 2 atom stereocenters. The zero-order chi connectivity index (χ0) is 17.5. The molecule has 134 valence electrons. The monoisotopic (exact) mass is 360 g/mol. The molecular weight excluding hydrogens is 336 g/mol. The van der Waals surface area contributed by atoms with E-state index in [9.17, 15) is 9.90 Å². The second-order valence-corrected chi connectivity index (χ2v) is 7.37. The molecule has 2 heterocycles. The lowest BCUT2D eigenvalue weighted by Gasteiger charge is -2.28. The summed E-state index contributed by atoms with van der Waals surface area (Å²) in [6.45, 7) is 1.65. The van der Waals surface area contributed by atoms with Gasteiger partial charge in [0.15, 0.2) is 0 Å². The summed E-state index contributed by atoms with van der Waals surface area (Å²) in [5.41, 5.74) is 1.05. The van der Waals surface area contributed by atoms with E-state index in [0.717, 1.165) is 23.6 Å². The van der Waals surface area contributed by atoms with Crippen molar-refractivity contribution in [1.29, 1.82) is 0 Å². The van der Waals surface area contributed by atoms with Gasteiger partial charge in [-0.2, -0.15) is 11.8 Å². The number of hydrogen-bond donors (Lipinski definition) is 2. The lowest BCUT2D eigenvalue weighted by Crippen LogP contribution is -2.43. The molecule has 0 aliphatic carbocycles. The summed E-state index contributed by atoms with van der Waals surface area (Å²) in [7, 11) is 0. The fourth-order valence-corrected chi connectivity index (χ4v) is 3.88. The first-order chi connectivity index (χ1) is 12.2. The SMILES string of the molecule is O=C(CC1CSCCN1)N(Cc1ccccc1)CC(O)c1ccco1. The summed E-state index contributed by atoms with van der Waals surface area (Å²) in [6, 6.07) is 13.5. The van der Waals surface area contributed by atoms with Gasteiger partial charge in [0.1, 0.15) is 11.9 Å². The number of nitrogens with zero attached hydrogens (tertiary/aromatic N) is 1. The number of thioether (sulfide) groups is 1. The van der Waals surface area contributed by atoms with E-state index >= 15 is 0 Å². The predicted octanol–water partition coefficient (Wildman–Crippen LogP) is 2.44. The molecule has 0 saturated carbocycles. The number of carbonyl (C=O) groups excluding carboxylic acids is 1. The van der Waals surface area contributed by atoms with E-state index in [-0.39, 0.29) is 18.5 Å². The Bertz CT molecular complexity index is 642. The average Bonchev–Trinajstić information content (AvgIpc) is 3.18. The summed E-state index contributed by atoms with van der Waals surface area (Å²) in [5.74, 6) is 2.58. The highest BCUT2D eigenvalue weighted by Crippen LogP contribution is 2.18. The first kappa shape index (κ1) is 18.0. The molecule has 0 radical (unpaired) electrons. The molecule has 6 heteroatoms. The minimum Gasteiger partial charge on any atom is -0.467 e. The van der Waals surface area contributed by atoms with Gasteiger partial charge in [-0.15, -0.1) is 0 Å². The van der Waals surface area contributed by atoms with Crippen LogP contribution < -0.4 is 5.32 Å². The molecule has 2 unspecified atom stereocenters. The van der Waals surface area contributed by atoms with Gasteiger partial charge in [0.25, 0.3) is 0 Å². The van der Waals surface area contributed by atoms with Crippen LogP contribution in [0.2, 0.25) is 0 Å². The van der Waals surface area contributed by atoms with E-state index in [4.69, 9.17) is 4.42 Å². The molecule has 1 saturated heterocycles. The third-order valence-electron chi connectivity index (χ3n) is 4.25. The van der Waals surface area contributed by atoms with E-state index in [0.29, 0.717) is 18.7 Å². The molecule has 1 fully saturated rings. The van der Waals surface area contributed by atoms with Gasteiger partial charge >= 0.3 is 0 Å². The van der Waals surface area contributed by atoms with Crippen molar-refractivity contribution in [2.45, 2.75) is 25.1 Å². The van der Waals surface area contributed by atoms with Gasteiger partial charge in [0.05, 0.1) is 12.8 Å². The number of carbonyl (C=O) groups is 1. The molecule has 0 bridgehead atoms. The molecule has 3 rings (SSSR count). The van der Waals surface area contributed by atoms with Crippen molar-refractivity contribution in [3.05, 3.63) is 60.1 Å². The fraction of sp³-hybridized carbons (Fsp3) is 0.421. The second kappa shape index (κ2) is 9.08. The Hall–Kier alpha value is -1.76. The number of benzene rings is 1. The van der Waals surface area contributed by atoms with Crippen molar-refractivity contribution in [3.8, 4) is 0 Å². The van der Waals surface area contributed by atoms with Crippen LogP contribution in [0.4, 0.5) is 0 Å². The molecule has 1 aliphatic rings. The van der Waals surface area contributed by atoms with E-state index in [2.05, 4.69) is 5.32 Å². The molecule has 1 aromatic carbocycles. The lowest BCUT2D eigenvalue weighted by atomic mass is 10.1. The van der Waals surface area contributed by atoms with Crippen LogP contribution in [0.3, 0.4) is 0 Å². The van der Waals surface area contributed by atoms with Crippen LogP contribution >= 0.6 is 11.8 Å². The van der Waals surface area contributed by atoms with Crippen LogP contribution in [0.5, 0.6) is 0 Å². The maximum atomic E-state index is 12.9. The minimum absolute atomic E-state index is 0.0504. The largest absolute Gasteiger partial charge is 0.467 e. The summed E-state index contributed by atoms with van der Waals surface area (Å²) in [4.78, 5) is 14.6. The van der Waals surface area contributed by atoms with Crippen LogP contribution in [0.1, 0.15) is 23.8 Å². The Balaban J connectivity index is 1.67. The number of hydrogen-bond acceptors (Lipinski definition) is 5. The summed E-state index contributed by atoms with van der Waals surface area (Å²) in [6.07, 6.45) is 1.16. The maximum Gasteiger partial charge on any atom is 0.224 e. The van der Waals surface area contributed by atoms with Gasteiger partial charge in [0.2, 0.25) is 5.91 Å². The number of furan rings is 1. The molecule has 5 nitrogen and oxygen atoms in total. The van der Waals surface area contributed by atoms with E-state index < -0.39 is 6.10 Å². The summed E-state index contributed by atoms with van der Waals surface area (Å²) in [5, 5.41) is 13.8. The van der Waals surface area contributed by atoms with E-state index in [1.54, 1.807) is 17.0 Å². The first-order valence-electron chi connectivity index (χ1n) is 8.56. The first-order valence-corrected chi connectivity index (χ1v) is 9.72. The zero-order valence-corrected chi connectivity index (χ0v) is 15.0. The van der Waals surface area contributed by atoms with Crippen molar-refractivity contribution in [2.75, 3.05) is 24.6 Å². The van der Waals surface area contributed by atoms with Gasteiger partial charge in [-0.05, 0) is 17.7 Å². The maximum absolute atomic E-state index is 12.9. The van der Waals surface area contributed by atoms with Gasteiger partial charge in [0, 0.05) is 37.1 Å². The standard InChI is InChI=1S/C19H24N2O3S/c22-17(18-7-4-9-24-18)13-21(12-15-5-2-1-3-6-15)19(23)11-16-14-25-10-8-20-16/h1-7,9,16-17,20,22H,8,10-14H2. The number of aliphatic hydroxyl groups is 1. The highest BCUT2D eigenvalue weighted by Gasteiger charge is 2.24. The Morgan fingerprint density at radius 2 is 2.16 bits per heavy atom. The van der Waals surface area contributed by atoms with Gasteiger partial charge < -0.3 is 19.7 Å². The molecule has 1 amide bonds. The molecular formula is C19H24N2O3S. The Morgan fingerprint density at radius 1 is 1.32 bits per heavy atom. The molecule has 2 N–H and O–H groups in total. The molecule has 2 aromatic rings. The summed E-state index contributed by atoms with van der Waals surface area (Å²) >= 11 is 1.88. The molecule has 0 spiro atoms. The third-order valence-corrected chi connectivity index (χ3v) is 5.38. The van der Waals surface area contributed by atoms with Crippen molar-refractivity contribution >= 4 is 17.7 Å². The number of amides is 1. The smallest absolute Gasteiger partial charge is 0.224 e. The highest BCUT2D eigenvalue weighted by molar-refractivity contribution is 7.99. The quantitative estimate of drug-likeness (QED) is 0.794. The Labute approximate surface area is 152 Å². The number of aliphatic hydroxyl groups excluding tert-OH is 1. The zero-order valence-electron chi connectivity index (χ0n) is 14.1. The third kappa shape index (κ3) is 5.36. The van der Waals surface area contributed by atoms with Crippen LogP contribution in [-0.2, 0) is 11.3 Å². The van der Waals surface area contributed by atoms with Crippen LogP contribution in [0, 0.1) is 0 Å². The van der Waals surface area contributed by atoms with Gasteiger partial charge in [-0.25, -0.2) is 0 Å². The Kier molecular flexibility index (Phi) is 6.55. The van der Waals surface area contributed by atoms with Gasteiger partial charge in [-0.3, -0.25) is 4.79 Å². The highest BCUT2D eigenvalue weighted by atomic mass is 32.2. The van der Waals surface area contributed by atoms with Crippen LogP contribution in [0.15, 0.2) is 53.1 Å². The topological polar surface area (TPSA) is 65.7 Å². The van der Waals surface area contributed by atoms with Crippen LogP contribution in [-0.4, -0.2) is 46.6 Å². The molecule has 1 aromatic heterocycles. The molecule has 25 heavy (non-hydrogen) atoms. The van der Waals surface area contributed by atoms with Gasteiger partial charge in [-0.1, -0.05) is 30.3 Å². The number of nitrogens with one attached hydrogen (secondary N) is 1. The predicted molar refractivity (Wildman–Crippen MR) is 99.3 cm³/mol. The van der Waals surface area contributed by atoms with Crippen molar-refractivity contribution in [3.63, 3.8) is 0 Å². The van der Waals surface area contributed by atoms with Crippen molar-refractivity contribution in [1.82, 2.24) is 10.2 Å². The van der Waals surface area contributed by atoms with E-state index in [1.807, 2.05) is 42.1 Å². The second-order valence-electron chi connectivity index (χ2n) is 6.22. The minimum atomic E-state index is -0.823. The Morgan fingerprint density at radius 3 is 2.84 bits per heavy atom. The van der Waals surface area contributed by atoms with Crippen LogP contribution in [0.25, 0.3) is 0 Å². The fourth-order valence-electron chi connectivity index (χ4n) is 2.93. The normalized spacial score (nSPS) is 18.7. The lowest BCUT2D eigenvalue weighted by molar-refractivity contribution is -0.134. The van der Waals surface area contributed by atoms with Crippen molar-refractivity contribution in [2.24, 2.45) is 0 Å². The van der Waals surface area contributed by atoms with E-state index in [1.165, 1.54) is 6.26 Å². The molecule has 1 aliphatic heterocycles. The number of rotatable bonds is 7. The van der Waals surface area contributed by atoms with Crippen molar-refractivity contribution < 1.29 is 14.3 Å². The average molecular weight is 360 g/mol.